The SMILES string of the molecule is CC(=O)N1CCc2cc(N3C[C@H](C(=O)N4CCN(C5CCCCC5)CC4)CC3=O)ccc21. The van der Waals surface area contributed by atoms with Gasteiger partial charge in [-0.1, -0.05) is 19.3 Å². The van der Waals surface area contributed by atoms with Gasteiger partial charge in [0.05, 0.1) is 5.92 Å². The van der Waals surface area contributed by atoms with Gasteiger partial charge < -0.3 is 14.7 Å². The monoisotopic (exact) mass is 438 g/mol. The maximum atomic E-state index is 13.2. The number of piperazine rings is 1. The van der Waals surface area contributed by atoms with Gasteiger partial charge in [-0.25, -0.2) is 0 Å². The summed E-state index contributed by atoms with van der Waals surface area (Å²) in [6.45, 7) is 6.19. The third-order valence-electron chi connectivity index (χ3n) is 7.84. The largest absolute Gasteiger partial charge is 0.340 e. The molecule has 3 heterocycles. The van der Waals surface area contributed by atoms with Crippen LogP contribution in [0.25, 0.3) is 0 Å². The van der Waals surface area contributed by atoms with Gasteiger partial charge in [0.2, 0.25) is 17.7 Å². The summed E-state index contributed by atoms with van der Waals surface area (Å²) in [5.41, 5.74) is 2.88. The van der Waals surface area contributed by atoms with E-state index in [4.69, 9.17) is 0 Å². The minimum Gasteiger partial charge on any atom is -0.340 e. The van der Waals surface area contributed by atoms with Crippen LogP contribution in [0.2, 0.25) is 0 Å². The topological polar surface area (TPSA) is 64.2 Å². The van der Waals surface area contributed by atoms with E-state index in [0.29, 0.717) is 25.6 Å². The number of carbonyl (C=O) groups is 3. The minimum atomic E-state index is -0.259. The fourth-order valence-electron chi connectivity index (χ4n) is 6.02. The molecule has 32 heavy (non-hydrogen) atoms. The van der Waals surface area contributed by atoms with E-state index in [-0.39, 0.29) is 23.6 Å². The van der Waals surface area contributed by atoms with Crippen molar-refractivity contribution in [1.29, 1.82) is 0 Å². The average Bonchev–Trinajstić information content (AvgIpc) is 3.42. The van der Waals surface area contributed by atoms with Gasteiger partial charge in [-0.2, -0.15) is 0 Å². The number of anilines is 2. The molecule has 172 valence electrons. The standard InChI is InChI=1S/C25H34N4O3/c1-18(30)28-10-9-19-15-22(7-8-23(19)28)29-17-20(16-24(29)31)25(32)27-13-11-26(12-14-27)21-5-3-2-4-6-21/h7-8,15,20-21H,2-6,9-14,16-17H2,1H3/t20-/m1/s1. The summed E-state index contributed by atoms with van der Waals surface area (Å²) >= 11 is 0. The molecule has 3 aliphatic heterocycles. The van der Waals surface area contributed by atoms with E-state index in [0.717, 1.165) is 49.5 Å². The van der Waals surface area contributed by atoms with Crippen molar-refractivity contribution in [3.05, 3.63) is 23.8 Å². The van der Waals surface area contributed by atoms with Crippen molar-refractivity contribution in [2.45, 2.75) is 57.9 Å². The first-order chi connectivity index (χ1) is 15.5. The summed E-state index contributed by atoms with van der Waals surface area (Å²) in [6.07, 6.45) is 7.71. The molecule has 0 radical (unpaired) electrons. The van der Waals surface area contributed by atoms with Crippen LogP contribution in [0.5, 0.6) is 0 Å². The molecule has 3 fully saturated rings. The fourth-order valence-corrected chi connectivity index (χ4v) is 6.02. The van der Waals surface area contributed by atoms with Crippen LogP contribution in [0.3, 0.4) is 0 Å². The Hall–Kier alpha value is -2.41. The highest BCUT2D eigenvalue weighted by atomic mass is 16.2. The summed E-state index contributed by atoms with van der Waals surface area (Å²) in [5, 5.41) is 0. The molecular weight excluding hydrogens is 404 g/mol. The molecule has 1 aromatic carbocycles. The summed E-state index contributed by atoms with van der Waals surface area (Å²) < 4.78 is 0. The van der Waals surface area contributed by atoms with Gasteiger partial charge in [0.1, 0.15) is 0 Å². The highest BCUT2D eigenvalue weighted by Gasteiger charge is 2.39. The predicted molar refractivity (Wildman–Crippen MR) is 124 cm³/mol. The Morgan fingerprint density at radius 2 is 1.72 bits per heavy atom. The van der Waals surface area contributed by atoms with Gasteiger partial charge in [0.15, 0.2) is 0 Å². The molecule has 1 saturated carbocycles. The molecular formula is C25H34N4O3. The Bertz CT molecular complexity index is 902. The lowest BCUT2D eigenvalue weighted by molar-refractivity contribution is -0.138. The molecule has 0 aromatic heterocycles. The number of hydrogen-bond acceptors (Lipinski definition) is 4. The molecule has 5 rings (SSSR count). The quantitative estimate of drug-likeness (QED) is 0.727. The second kappa shape index (κ2) is 8.85. The second-order valence-electron chi connectivity index (χ2n) is 9.79. The fraction of sp³-hybridized carbons (Fsp3) is 0.640. The number of carbonyl (C=O) groups excluding carboxylic acids is 3. The van der Waals surface area contributed by atoms with E-state index in [1.54, 1.807) is 16.7 Å². The van der Waals surface area contributed by atoms with Crippen LogP contribution in [-0.4, -0.2) is 72.8 Å². The first-order valence-corrected chi connectivity index (χ1v) is 12.3. The van der Waals surface area contributed by atoms with Crippen molar-refractivity contribution < 1.29 is 14.4 Å². The van der Waals surface area contributed by atoms with Crippen LogP contribution < -0.4 is 9.80 Å². The number of hydrogen-bond donors (Lipinski definition) is 0. The number of rotatable bonds is 3. The zero-order valence-electron chi connectivity index (χ0n) is 19.1. The van der Waals surface area contributed by atoms with E-state index >= 15 is 0 Å². The van der Waals surface area contributed by atoms with E-state index in [1.165, 1.54) is 32.1 Å². The lowest BCUT2D eigenvalue weighted by Crippen LogP contribution is -2.53. The lowest BCUT2D eigenvalue weighted by Gasteiger charge is -2.41. The van der Waals surface area contributed by atoms with Gasteiger partial charge in [-0.15, -0.1) is 0 Å². The number of benzene rings is 1. The molecule has 1 atom stereocenters. The number of fused-ring (bicyclic) bond motifs is 1. The van der Waals surface area contributed by atoms with Gasteiger partial charge in [-0.05, 0) is 43.0 Å². The molecule has 3 amide bonds. The van der Waals surface area contributed by atoms with E-state index in [2.05, 4.69) is 4.90 Å². The van der Waals surface area contributed by atoms with E-state index < -0.39 is 0 Å². The molecule has 4 aliphatic rings. The Morgan fingerprint density at radius 1 is 0.969 bits per heavy atom. The number of amides is 3. The Morgan fingerprint density at radius 3 is 2.44 bits per heavy atom. The van der Waals surface area contributed by atoms with E-state index in [9.17, 15) is 14.4 Å². The Balaban J connectivity index is 1.20. The van der Waals surface area contributed by atoms with Gasteiger partial charge >= 0.3 is 0 Å². The van der Waals surface area contributed by atoms with Crippen LogP contribution in [0.1, 0.15) is 51.0 Å². The zero-order valence-corrected chi connectivity index (χ0v) is 19.1. The molecule has 7 nitrogen and oxygen atoms in total. The van der Waals surface area contributed by atoms with Crippen LogP contribution in [0, 0.1) is 5.92 Å². The predicted octanol–water partition coefficient (Wildman–Crippen LogP) is 2.43. The highest BCUT2D eigenvalue weighted by Crippen LogP contribution is 2.34. The van der Waals surface area contributed by atoms with Crippen LogP contribution >= 0.6 is 0 Å². The molecule has 0 bridgehead atoms. The van der Waals surface area contributed by atoms with Gasteiger partial charge in [-0.3, -0.25) is 19.3 Å². The Kier molecular flexibility index (Phi) is 5.93. The molecule has 7 heteroatoms. The summed E-state index contributed by atoms with van der Waals surface area (Å²) in [6, 6.07) is 6.56. The van der Waals surface area contributed by atoms with Crippen molar-refractivity contribution in [2.24, 2.45) is 5.92 Å². The highest BCUT2D eigenvalue weighted by molar-refractivity contribution is 6.01. The molecule has 2 saturated heterocycles. The van der Waals surface area contributed by atoms with Crippen molar-refractivity contribution in [1.82, 2.24) is 9.80 Å². The molecule has 0 unspecified atom stereocenters. The van der Waals surface area contributed by atoms with E-state index in [1.807, 2.05) is 23.1 Å². The van der Waals surface area contributed by atoms with Gasteiger partial charge in [0.25, 0.3) is 0 Å². The maximum Gasteiger partial charge on any atom is 0.228 e. The maximum absolute atomic E-state index is 13.2. The Labute approximate surface area is 190 Å². The van der Waals surface area contributed by atoms with Gasteiger partial charge in [0, 0.05) is 70.0 Å². The molecule has 1 aliphatic carbocycles. The van der Waals surface area contributed by atoms with Crippen LogP contribution in [-0.2, 0) is 20.8 Å². The number of nitrogens with zero attached hydrogens (tertiary/aromatic N) is 4. The zero-order chi connectivity index (χ0) is 22.2. The average molecular weight is 439 g/mol. The van der Waals surface area contributed by atoms with Crippen molar-refractivity contribution in [2.75, 3.05) is 49.1 Å². The van der Waals surface area contributed by atoms with Crippen molar-refractivity contribution in [3.8, 4) is 0 Å². The third-order valence-corrected chi connectivity index (χ3v) is 7.84. The normalized spacial score (nSPS) is 24.8. The summed E-state index contributed by atoms with van der Waals surface area (Å²) in [4.78, 5) is 45.9. The molecule has 1 aromatic rings. The second-order valence-corrected chi connectivity index (χ2v) is 9.79. The third kappa shape index (κ3) is 4.03. The van der Waals surface area contributed by atoms with Crippen LogP contribution in [0.4, 0.5) is 11.4 Å². The minimum absolute atomic E-state index is 0.0190. The van der Waals surface area contributed by atoms with Crippen LogP contribution in [0.15, 0.2) is 18.2 Å². The first-order valence-electron chi connectivity index (χ1n) is 12.3. The smallest absolute Gasteiger partial charge is 0.228 e. The lowest BCUT2D eigenvalue weighted by atomic mass is 9.93. The summed E-state index contributed by atoms with van der Waals surface area (Å²) in [5.74, 6) is -0.0627. The first kappa shape index (κ1) is 21.4. The summed E-state index contributed by atoms with van der Waals surface area (Å²) in [7, 11) is 0. The van der Waals surface area contributed by atoms with Crippen molar-refractivity contribution in [3.63, 3.8) is 0 Å². The van der Waals surface area contributed by atoms with Crippen molar-refractivity contribution >= 4 is 29.1 Å². The molecule has 0 N–H and O–H groups in total. The molecule has 0 spiro atoms.